The number of nitrogens with one attached hydrogen (secondary N) is 5. The predicted molar refractivity (Wildman–Crippen MR) is 93.8 cm³/mol. The van der Waals surface area contributed by atoms with E-state index >= 15 is 0 Å². The first kappa shape index (κ1) is 24.5. The van der Waals surface area contributed by atoms with Gasteiger partial charge in [0, 0.05) is 18.6 Å². The van der Waals surface area contributed by atoms with Crippen LogP contribution < -0.4 is 44.7 Å². The highest BCUT2D eigenvalue weighted by Crippen LogP contribution is 2.17. The van der Waals surface area contributed by atoms with Crippen LogP contribution in [0.2, 0.25) is 0 Å². The summed E-state index contributed by atoms with van der Waals surface area (Å²) in [4.78, 5) is 41.1. The van der Waals surface area contributed by atoms with Crippen molar-refractivity contribution in [2.75, 3.05) is 11.5 Å². The number of hydrazine groups is 4. The molecule has 1 aliphatic heterocycles. The maximum absolute atomic E-state index is 10.8. The van der Waals surface area contributed by atoms with Crippen molar-refractivity contribution >= 4 is 47.5 Å². The largest absolute Gasteiger partial charge is 0.347 e. The summed E-state index contributed by atoms with van der Waals surface area (Å²) >= 11 is 5.38. The van der Waals surface area contributed by atoms with Crippen LogP contribution in [-0.4, -0.2) is 34.6 Å². The zero-order valence-corrected chi connectivity index (χ0v) is 14.7. The van der Waals surface area contributed by atoms with E-state index in [-0.39, 0.29) is 5.91 Å². The minimum atomic E-state index is -0.658. The Morgan fingerprint density at radius 2 is 1.62 bits per heavy atom. The highest BCUT2D eigenvalue weighted by Gasteiger charge is 2.08. The molecule has 0 unspecified atom stereocenters. The van der Waals surface area contributed by atoms with Crippen LogP contribution in [0.4, 0.5) is 9.59 Å². The Kier molecular flexibility index (Phi) is 18.0. The average molecular weight is 384 g/mol. The zero-order chi connectivity index (χ0) is 18.8. The number of hydrogen-bond acceptors (Lipinski definition) is 9. The molecular weight excluding hydrogens is 360 g/mol. The van der Waals surface area contributed by atoms with Crippen LogP contribution in [0.3, 0.4) is 0 Å². The number of carbonyl (C=O) groups is 4. The summed E-state index contributed by atoms with van der Waals surface area (Å²) in [7, 11) is 0. The van der Waals surface area contributed by atoms with Gasteiger partial charge in [0.1, 0.15) is 0 Å². The second-order valence-electron chi connectivity index (χ2n) is 3.92. The van der Waals surface area contributed by atoms with Crippen molar-refractivity contribution in [2.24, 2.45) is 17.5 Å². The molecule has 5 amide bonds. The first-order chi connectivity index (χ1) is 11.4. The van der Waals surface area contributed by atoms with Gasteiger partial charge in [0.2, 0.25) is 5.91 Å². The van der Waals surface area contributed by atoms with Crippen molar-refractivity contribution in [3.8, 4) is 0 Å². The van der Waals surface area contributed by atoms with Gasteiger partial charge in [-0.25, -0.2) is 32.5 Å². The van der Waals surface area contributed by atoms with E-state index in [4.69, 9.17) is 5.84 Å². The van der Waals surface area contributed by atoms with Gasteiger partial charge in [-0.1, -0.05) is 11.8 Å². The van der Waals surface area contributed by atoms with Gasteiger partial charge < -0.3 is 0 Å². The number of urea groups is 2. The molecule has 1 fully saturated rings. The molecule has 12 nitrogen and oxygen atoms in total. The van der Waals surface area contributed by atoms with Gasteiger partial charge in [-0.3, -0.25) is 31.3 Å². The first-order valence-corrected chi connectivity index (χ1v) is 8.32. The maximum atomic E-state index is 10.8. The van der Waals surface area contributed by atoms with Crippen molar-refractivity contribution in [1.82, 2.24) is 27.1 Å². The molecule has 0 saturated carbocycles. The van der Waals surface area contributed by atoms with Gasteiger partial charge in [0.15, 0.2) is 5.12 Å². The molecule has 1 saturated heterocycles. The zero-order valence-electron chi connectivity index (χ0n) is 13.0. The van der Waals surface area contributed by atoms with E-state index in [0.29, 0.717) is 23.7 Å². The van der Waals surface area contributed by atoms with E-state index in [1.54, 1.807) is 16.3 Å². The maximum Gasteiger partial charge on any atom is 0.347 e. The Morgan fingerprint density at radius 1 is 1.04 bits per heavy atom. The number of carbonyl (C=O) groups excluding carboxylic acids is 4. The molecule has 0 spiro atoms. The lowest BCUT2D eigenvalue weighted by atomic mass is 10.3. The number of rotatable bonds is 3. The summed E-state index contributed by atoms with van der Waals surface area (Å²) in [5.41, 5.74) is 9.47. The van der Waals surface area contributed by atoms with Crippen LogP contribution in [0.15, 0.2) is 0 Å². The topological polar surface area (TPSA) is 206 Å². The highest BCUT2D eigenvalue weighted by molar-refractivity contribution is 8.14. The van der Waals surface area contributed by atoms with Crippen molar-refractivity contribution in [2.45, 2.75) is 25.7 Å². The number of amides is 5. The van der Waals surface area contributed by atoms with Gasteiger partial charge in [0.05, 0.1) is 0 Å². The first-order valence-electron chi connectivity index (χ1n) is 6.70. The van der Waals surface area contributed by atoms with Gasteiger partial charge >= 0.3 is 12.1 Å². The Morgan fingerprint density at radius 3 is 1.92 bits per heavy atom. The second-order valence-corrected chi connectivity index (χ2v) is 5.52. The summed E-state index contributed by atoms with van der Waals surface area (Å²) in [6.07, 6.45) is 2.91. The Balaban J connectivity index is 0. The third-order valence-electron chi connectivity index (χ3n) is 2.06. The molecular formula is C10H24N8O4S2. The molecule has 1 heterocycles. The molecule has 0 aromatic rings. The third kappa shape index (κ3) is 18.3. The fourth-order valence-electron chi connectivity index (χ4n) is 0.981. The molecule has 14 heteroatoms. The van der Waals surface area contributed by atoms with Gasteiger partial charge in [-0.15, -0.1) is 0 Å². The Hall–Kier alpha value is -1.74. The Bertz CT molecular complexity index is 383. The number of hydrogen-bond donors (Lipinski definition) is 9. The van der Waals surface area contributed by atoms with Crippen molar-refractivity contribution < 1.29 is 19.2 Å². The summed E-state index contributed by atoms with van der Waals surface area (Å²) in [6, 6.07) is -1.26. The van der Waals surface area contributed by atoms with Crippen molar-refractivity contribution in [1.29, 1.82) is 0 Å². The summed E-state index contributed by atoms with van der Waals surface area (Å²) in [6.45, 7) is 0. The summed E-state index contributed by atoms with van der Waals surface area (Å²) in [5, 5.41) is 0.370. The van der Waals surface area contributed by atoms with E-state index in [1.807, 2.05) is 5.43 Å². The minimum absolute atomic E-state index is 0.271. The lowest BCUT2D eigenvalue weighted by Gasteiger charge is -2.04. The van der Waals surface area contributed by atoms with Gasteiger partial charge in [-0.05, 0) is 18.6 Å². The monoisotopic (exact) mass is 384 g/mol. The van der Waals surface area contributed by atoms with Crippen LogP contribution in [0.25, 0.3) is 0 Å². The Labute approximate surface area is 149 Å². The SMILES string of the molecule is NNC(=O)NN.NNC(=O)NNC(=O)CCCS.O=C1CCCS1. The minimum Gasteiger partial charge on any atom is -0.287 e. The smallest absolute Gasteiger partial charge is 0.287 e. The molecule has 1 aliphatic rings. The van der Waals surface area contributed by atoms with E-state index in [0.717, 1.165) is 18.6 Å². The number of thioether (sulfide) groups is 1. The van der Waals surface area contributed by atoms with Gasteiger partial charge in [-0.2, -0.15) is 12.6 Å². The molecule has 0 aliphatic carbocycles. The van der Waals surface area contributed by atoms with E-state index in [9.17, 15) is 19.2 Å². The molecule has 11 N–H and O–H groups in total. The van der Waals surface area contributed by atoms with E-state index < -0.39 is 12.1 Å². The third-order valence-corrected chi connectivity index (χ3v) is 3.39. The van der Waals surface area contributed by atoms with E-state index in [2.05, 4.69) is 29.7 Å². The molecule has 0 atom stereocenters. The normalized spacial score (nSPS) is 11.8. The number of nitrogens with two attached hydrogens (primary N) is 3. The van der Waals surface area contributed by atoms with Crippen LogP contribution in [0.1, 0.15) is 25.7 Å². The van der Waals surface area contributed by atoms with E-state index in [1.165, 1.54) is 11.8 Å². The standard InChI is InChI=1S/C5H12N4O2S.C4H6OS.CH6N4O/c6-7-5(11)9-8-4(10)2-1-3-12;5-4-2-1-3-6-4;2-4-1(6)5-3/h12H,1-3,6H2,(H,8,10)(H2,7,9,11);1-3H2;2-3H2,(H2,4,5,6). The van der Waals surface area contributed by atoms with Crippen LogP contribution in [0, 0.1) is 0 Å². The molecule has 0 aromatic carbocycles. The summed E-state index contributed by atoms with van der Waals surface area (Å²) < 4.78 is 0. The molecule has 0 bridgehead atoms. The lowest BCUT2D eigenvalue weighted by Crippen LogP contribution is -2.49. The molecule has 1 rings (SSSR count). The molecule has 0 aromatic heterocycles. The van der Waals surface area contributed by atoms with Gasteiger partial charge in [0.25, 0.3) is 0 Å². The number of thiol groups is 1. The van der Waals surface area contributed by atoms with Crippen molar-refractivity contribution in [3.05, 3.63) is 0 Å². The molecule has 24 heavy (non-hydrogen) atoms. The fraction of sp³-hybridized carbons (Fsp3) is 0.600. The van der Waals surface area contributed by atoms with Crippen LogP contribution >= 0.6 is 24.4 Å². The van der Waals surface area contributed by atoms with Crippen LogP contribution in [0.5, 0.6) is 0 Å². The second kappa shape index (κ2) is 17.6. The van der Waals surface area contributed by atoms with Crippen molar-refractivity contribution in [3.63, 3.8) is 0 Å². The average Bonchev–Trinajstić information content (AvgIpc) is 3.08. The fourth-order valence-corrected chi connectivity index (χ4v) is 1.94. The predicted octanol–water partition coefficient (Wildman–Crippen LogP) is -2.03. The summed E-state index contributed by atoms with van der Waals surface area (Å²) in [5.74, 6) is 15.2. The van der Waals surface area contributed by atoms with Crippen LogP contribution in [-0.2, 0) is 9.59 Å². The quantitative estimate of drug-likeness (QED) is 0.114. The lowest BCUT2D eigenvalue weighted by molar-refractivity contribution is -0.121. The molecule has 0 radical (unpaired) electrons. The molecule has 140 valence electrons. The highest BCUT2D eigenvalue weighted by atomic mass is 32.2.